The smallest absolute Gasteiger partial charge is 0.338 e. The first-order chi connectivity index (χ1) is 9.52. The van der Waals surface area contributed by atoms with Crippen molar-refractivity contribution in [2.45, 2.75) is 49.2 Å². The summed E-state index contributed by atoms with van der Waals surface area (Å²) in [5.41, 5.74) is -0.404. The number of carboxylic acid groups (broad SMARTS) is 1. The predicted octanol–water partition coefficient (Wildman–Crippen LogP) is 3.60. The van der Waals surface area contributed by atoms with E-state index in [2.05, 4.69) is 6.92 Å². The molecule has 2 rings (SSSR count). The molecule has 0 spiro atoms. The van der Waals surface area contributed by atoms with Gasteiger partial charge in [-0.25, -0.2) is 9.18 Å². The normalized spacial score (nSPS) is 24.3. The first kappa shape index (κ1) is 15.2. The molecule has 1 N–H and O–H groups in total. The molecule has 0 aromatic heterocycles. The van der Waals surface area contributed by atoms with Gasteiger partial charge >= 0.3 is 5.97 Å². The standard InChI is InChI=1S/C15H19FO3S/c1-2-10-4-3-5-11(8-10)20(19)12-6-7-14(16)13(9-12)15(17)18/h6-7,9-11H,2-5,8H2,1H3,(H,17,18). The molecule has 5 heteroatoms. The van der Waals surface area contributed by atoms with Crippen molar-refractivity contribution in [3.63, 3.8) is 0 Å². The average Bonchev–Trinajstić information content (AvgIpc) is 2.46. The van der Waals surface area contributed by atoms with Crippen molar-refractivity contribution in [1.29, 1.82) is 0 Å². The summed E-state index contributed by atoms with van der Waals surface area (Å²) < 4.78 is 25.9. The summed E-state index contributed by atoms with van der Waals surface area (Å²) in [6.07, 6.45) is 5.11. The monoisotopic (exact) mass is 298 g/mol. The van der Waals surface area contributed by atoms with Crippen molar-refractivity contribution < 1.29 is 18.5 Å². The SMILES string of the molecule is CCC1CCCC(S(=O)c2ccc(F)c(C(=O)O)c2)C1. The Hall–Kier alpha value is -1.23. The Kier molecular flexibility index (Phi) is 4.91. The lowest BCUT2D eigenvalue weighted by molar-refractivity contribution is 0.0691. The van der Waals surface area contributed by atoms with Gasteiger partial charge in [0, 0.05) is 10.1 Å². The van der Waals surface area contributed by atoms with Gasteiger partial charge in [0.1, 0.15) is 5.82 Å². The molecule has 1 aliphatic carbocycles. The van der Waals surface area contributed by atoms with Crippen LogP contribution in [-0.4, -0.2) is 20.5 Å². The lowest BCUT2D eigenvalue weighted by atomic mass is 9.87. The predicted molar refractivity (Wildman–Crippen MR) is 75.8 cm³/mol. The average molecular weight is 298 g/mol. The zero-order chi connectivity index (χ0) is 14.7. The quantitative estimate of drug-likeness (QED) is 0.924. The van der Waals surface area contributed by atoms with Crippen LogP contribution in [0.1, 0.15) is 49.4 Å². The summed E-state index contributed by atoms with van der Waals surface area (Å²) in [4.78, 5) is 11.4. The molecule has 0 saturated heterocycles. The summed E-state index contributed by atoms with van der Waals surface area (Å²) in [5, 5.41) is 8.98. The molecule has 20 heavy (non-hydrogen) atoms. The number of carbonyl (C=O) groups is 1. The third kappa shape index (κ3) is 3.26. The summed E-state index contributed by atoms with van der Waals surface area (Å²) in [6, 6.07) is 3.74. The van der Waals surface area contributed by atoms with Crippen LogP contribution in [0.15, 0.2) is 23.1 Å². The van der Waals surface area contributed by atoms with E-state index in [0.717, 1.165) is 31.7 Å². The highest BCUT2D eigenvalue weighted by Gasteiger charge is 2.27. The van der Waals surface area contributed by atoms with Crippen molar-refractivity contribution in [3.8, 4) is 0 Å². The zero-order valence-electron chi connectivity index (χ0n) is 11.5. The first-order valence-electron chi connectivity index (χ1n) is 6.96. The van der Waals surface area contributed by atoms with Crippen LogP contribution >= 0.6 is 0 Å². The molecule has 1 saturated carbocycles. The first-order valence-corrected chi connectivity index (χ1v) is 8.17. The number of rotatable bonds is 4. The van der Waals surface area contributed by atoms with Gasteiger partial charge in [0.25, 0.3) is 0 Å². The van der Waals surface area contributed by atoms with Crippen LogP contribution in [0.2, 0.25) is 0 Å². The van der Waals surface area contributed by atoms with Gasteiger partial charge in [-0.2, -0.15) is 0 Å². The molecular formula is C15H19FO3S. The Morgan fingerprint density at radius 1 is 1.45 bits per heavy atom. The maximum atomic E-state index is 13.4. The largest absolute Gasteiger partial charge is 0.478 e. The van der Waals surface area contributed by atoms with Crippen molar-refractivity contribution >= 4 is 16.8 Å². The van der Waals surface area contributed by atoms with E-state index in [0.29, 0.717) is 10.8 Å². The zero-order valence-corrected chi connectivity index (χ0v) is 12.3. The molecule has 0 amide bonds. The second kappa shape index (κ2) is 6.48. The fourth-order valence-corrected chi connectivity index (χ4v) is 4.44. The minimum absolute atomic E-state index is 0.0563. The molecule has 0 bridgehead atoms. The van der Waals surface area contributed by atoms with Gasteiger partial charge in [-0.3, -0.25) is 4.21 Å². The van der Waals surface area contributed by atoms with Crippen LogP contribution in [0.3, 0.4) is 0 Å². The maximum Gasteiger partial charge on any atom is 0.338 e. The Morgan fingerprint density at radius 3 is 2.85 bits per heavy atom. The number of halogens is 1. The molecule has 1 fully saturated rings. The van der Waals surface area contributed by atoms with Gasteiger partial charge in [0.15, 0.2) is 0 Å². The van der Waals surface area contributed by atoms with E-state index in [1.54, 1.807) is 0 Å². The van der Waals surface area contributed by atoms with Crippen LogP contribution in [0.4, 0.5) is 4.39 Å². The topological polar surface area (TPSA) is 54.4 Å². The molecular weight excluding hydrogens is 279 g/mol. The number of hydrogen-bond acceptors (Lipinski definition) is 2. The van der Waals surface area contributed by atoms with Gasteiger partial charge in [0.05, 0.1) is 16.4 Å². The molecule has 3 unspecified atom stereocenters. The molecule has 0 heterocycles. The van der Waals surface area contributed by atoms with Crippen molar-refractivity contribution in [3.05, 3.63) is 29.6 Å². The number of aromatic carboxylic acids is 1. The van der Waals surface area contributed by atoms with Gasteiger partial charge in [-0.05, 0) is 37.0 Å². The Balaban J connectivity index is 2.20. The molecule has 1 aliphatic rings. The summed E-state index contributed by atoms with van der Waals surface area (Å²) in [7, 11) is -1.26. The van der Waals surface area contributed by atoms with Crippen LogP contribution in [0, 0.1) is 11.7 Å². The fourth-order valence-electron chi connectivity index (χ4n) is 2.79. The summed E-state index contributed by atoms with van der Waals surface area (Å²) in [5.74, 6) is -1.51. The van der Waals surface area contributed by atoms with Crippen LogP contribution in [0.5, 0.6) is 0 Å². The van der Waals surface area contributed by atoms with E-state index >= 15 is 0 Å². The van der Waals surface area contributed by atoms with Gasteiger partial charge in [-0.15, -0.1) is 0 Å². The Bertz CT molecular complexity index is 530. The maximum absolute atomic E-state index is 13.4. The highest BCUT2D eigenvalue weighted by Crippen LogP contribution is 2.32. The highest BCUT2D eigenvalue weighted by atomic mass is 32.2. The van der Waals surface area contributed by atoms with E-state index < -0.39 is 28.1 Å². The van der Waals surface area contributed by atoms with E-state index in [1.165, 1.54) is 18.6 Å². The number of benzene rings is 1. The molecule has 3 atom stereocenters. The van der Waals surface area contributed by atoms with Gasteiger partial charge in [-0.1, -0.05) is 26.2 Å². The fraction of sp³-hybridized carbons (Fsp3) is 0.533. The molecule has 3 nitrogen and oxygen atoms in total. The minimum Gasteiger partial charge on any atom is -0.478 e. The molecule has 1 aromatic rings. The Morgan fingerprint density at radius 2 is 2.20 bits per heavy atom. The van der Waals surface area contributed by atoms with Crippen LogP contribution in [0.25, 0.3) is 0 Å². The minimum atomic E-state index is -1.32. The molecule has 0 radical (unpaired) electrons. The number of hydrogen-bond donors (Lipinski definition) is 1. The third-order valence-corrected chi connectivity index (χ3v) is 5.77. The lowest BCUT2D eigenvalue weighted by Crippen LogP contribution is -2.24. The highest BCUT2D eigenvalue weighted by molar-refractivity contribution is 7.85. The second-order valence-corrected chi connectivity index (χ2v) is 7.04. The third-order valence-electron chi connectivity index (χ3n) is 4.02. The summed E-state index contributed by atoms with van der Waals surface area (Å²) >= 11 is 0. The summed E-state index contributed by atoms with van der Waals surface area (Å²) in [6.45, 7) is 2.14. The van der Waals surface area contributed by atoms with Crippen molar-refractivity contribution in [2.24, 2.45) is 5.92 Å². The van der Waals surface area contributed by atoms with Crippen molar-refractivity contribution in [1.82, 2.24) is 0 Å². The van der Waals surface area contributed by atoms with E-state index in [-0.39, 0.29) is 5.25 Å². The van der Waals surface area contributed by atoms with Gasteiger partial charge < -0.3 is 5.11 Å². The molecule has 110 valence electrons. The van der Waals surface area contributed by atoms with Crippen LogP contribution in [-0.2, 0) is 10.8 Å². The molecule has 0 aliphatic heterocycles. The van der Waals surface area contributed by atoms with Crippen LogP contribution < -0.4 is 0 Å². The van der Waals surface area contributed by atoms with Crippen molar-refractivity contribution in [2.75, 3.05) is 0 Å². The lowest BCUT2D eigenvalue weighted by Gasteiger charge is -2.27. The van der Waals surface area contributed by atoms with Gasteiger partial charge in [0.2, 0.25) is 0 Å². The Labute approximate surface area is 120 Å². The van der Waals surface area contributed by atoms with E-state index in [9.17, 15) is 13.4 Å². The van der Waals surface area contributed by atoms with E-state index in [1.807, 2.05) is 0 Å². The number of carboxylic acids is 1. The molecule has 1 aromatic carbocycles. The second-order valence-electron chi connectivity index (χ2n) is 5.31. The van der Waals surface area contributed by atoms with E-state index in [4.69, 9.17) is 5.11 Å².